The van der Waals surface area contributed by atoms with Crippen molar-refractivity contribution in [1.82, 2.24) is 15.2 Å². The average Bonchev–Trinajstić information content (AvgIpc) is 3.00. The minimum atomic E-state index is -4.60. The molecular weight excluding hydrogens is 367 g/mol. The maximum absolute atomic E-state index is 13.0. The molecule has 0 radical (unpaired) electrons. The molecule has 1 aliphatic heterocycles. The molecule has 1 fully saturated rings. The summed E-state index contributed by atoms with van der Waals surface area (Å²) in [6.07, 6.45) is -3.19. The van der Waals surface area contributed by atoms with Crippen molar-refractivity contribution in [3.8, 4) is 5.88 Å². The summed E-state index contributed by atoms with van der Waals surface area (Å²) < 4.78 is 44.1. The molecule has 0 bridgehead atoms. The van der Waals surface area contributed by atoms with Gasteiger partial charge in [-0.3, -0.25) is 4.79 Å². The molecule has 10 heteroatoms. The monoisotopic (exact) mass is 389 g/mol. The molecule has 150 valence electrons. The van der Waals surface area contributed by atoms with E-state index in [0.717, 1.165) is 6.07 Å². The normalized spacial score (nSPS) is 17.7. The summed E-state index contributed by atoms with van der Waals surface area (Å²) in [5, 5.41) is 11.8. The Balaban J connectivity index is 1.93. The topological polar surface area (TPSA) is 91.8 Å². The van der Waals surface area contributed by atoms with Gasteiger partial charge in [0.1, 0.15) is 12.2 Å². The number of amides is 2. The molecule has 1 saturated heterocycles. The first-order chi connectivity index (χ1) is 12.5. The number of likely N-dealkylation sites (tertiary alicyclic amines) is 1. The number of carboxylic acid groups (broad SMARTS) is 1. The minimum absolute atomic E-state index is 0.00683. The second-order valence-corrected chi connectivity index (χ2v) is 7.05. The van der Waals surface area contributed by atoms with Crippen molar-refractivity contribution in [3.63, 3.8) is 0 Å². The van der Waals surface area contributed by atoms with Gasteiger partial charge in [0.05, 0.1) is 5.54 Å². The van der Waals surface area contributed by atoms with Crippen molar-refractivity contribution in [2.24, 2.45) is 0 Å². The Bertz CT molecular complexity index is 694. The van der Waals surface area contributed by atoms with Crippen LogP contribution < -0.4 is 10.1 Å². The van der Waals surface area contributed by atoms with Crippen molar-refractivity contribution in [1.29, 1.82) is 0 Å². The summed E-state index contributed by atoms with van der Waals surface area (Å²) >= 11 is 0. The van der Waals surface area contributed by atoms with Gasteiger partial charge in [0.15, 0.2) is 0 Å². The van der Waals surface area contributed by atoms with Crippen LogP contribution in [0.15, 0.2) is 18.3 Å². The number of rotatable bonds is 6. The Hall–Kier alpha value is -2.52. The van der Waals surface area contributed by atoms with Crippen LogP contribution in [0.4, 0.5) is 18.0 Å². The molecule has 7 nitrogen and oxygen atoms in total. The Morgan fingerprint density at radius 1 is 1.41 bits per heavy atom. The molecule has 1 aliphatic rings. The fourth-order valence-corrected chi connectivity index (χ4v) is 2.95. The Labute approximate surface area is 154 Å². The third-order valence-corrected chi connectivity index (χ3v) is 4.17. The number of carbonyl (C=O) groups is 2. The van der Waals surface area contributed by atoms with Crippen LogP contribution in [-0.2, 0) is 11.0 Å². The van der Waals surface area contributed by atoms with E-state index in [0.29, 0.717) is 19.4 Å². The van der Waals surface area contributed by atoms with Crippen molar-refractivity contribution < 1.29 is 32.6 Å². The first kappa shape index (κ1) is 20.8. The van der Waals surface area contributed by atoms with Crippen LogP contribution >= 0.6 is 0 Å². The molecule has 2 amide bonds. The van der Waals surface area contributed by atoms with Gasteiger partial charge in [-0.15, -0.1) is 0 Å². The van der Waals surface area contributed by atoms with E-state index in [-0.39, 0.29) is 18.9 Å². The molecule has 0 aliphatic carbocycles. The van der Waals surface area contributed by atoms with E-state index in [9.17, 15) is 22.8 Å². The van der Waals surface area contributed by atoms with E-state index >= 15 is 0 Å². The predicted molar refractivity (Wildman–Crippen MR) is 89.3 cm³/mol. The Morgan fingerprint density at radius 3 is 2.74 bits per heavy atom. The smallest absolute Gasteiger partial charge is 0.421 e. The molecule has 2 N–H and O–H groups in total. The van der Waals surface area contributed by atoms with Crippen LogP contribution in [0.25, 0.3) is 0 Å². The van der Waals surface area contributed by atoms with Crippen LogP contribution in [0.5, 0.6) is 5.88 Å². The predicted octanol–water partition coefficient (Wildman–Crippen LogP) is 2.91. The first-order valence-corrected chi connectivity index (χ1v) is 8.45. The number of halogens is 3. The van der Waals surface area contributed by atoms with Gasteiger partial charge < -0.3 is 20.1 Å². The van der Waals surface area contributed by atoms with Crippen LogP contribution in [-0.4, -0.2) is 51.7 Å². The van der Waals surface area contributed by atoms with Gasteiger partial charge in [0.25, 0.3) is 0 Å². The number of hydrogen-bond acceptors (Lipinski definition) is 4. The molecule has 0 unspecified atom stereocenters. The summed E-state index contributed by atoms with van der Waals surface area (Å²) in [7, 11) is 0. The van der Waals surface area contributed by atoms with Crippen molar-refractivity contribution >= 4 is 12.0 Å². The molecule has 0 spiro atoms. The molecule has 0 saturated carbocycles. The number of pyridine rings is 1. The molecule has 1 atom stereocenters. The highest BCUT2D eigenvalue weighted by atomic mass is 19.4. The van der Waals surface area contributed by atoms with Crippen molar-refractivity contribution in [3.05, 3.63) is 23.9 Å². The number of alkyl halides is 3. The minimum Gasteiger partial charge on any atom is -0.475 e. The number of nitrogens with one attached hydrogen (secondary N) is 1. The second-order valence-electron chi connectivity index (χ2n) is 7.05. The maximum atomic E-state index is 13.0. The van der Waals surface area contributed by atoms with Crippen LogP contribution in [0.2, 0.25) is 0 Å². The molecule has 1 aromatic rings. The van der Waals surface area contributed by atoms with E-state index in [1.54, 1.807) is 13.8 Å². The van der Waals surface area contributed by atoms with Gasteiger partial charge in [-0.2, -0.15) is 13.2 Å². The van der Waals surface area contributed by atoms with E-state index in [1.807, 2.05) is 0 Å². The van der Waals surface area contributed by atoms with Gasteiger partial charge in [0, 0.05) is 25.2 Å². The van der Waals surface area contributed by atoms with Gasteiger partial charge in [-0.05, 0) is 38.8 Å². The second kappa shape index (κ2) is 8.01. The zero-order chi connectivity index (χ0) is 20.2. The fraction of sp³-hybridized carbons (Fsp3) is 0.588. The number of nitrogens with zero attached hydrogens (tertiary/aromatic N) is 2. The SMILES string of the molecule is CC(C)(COc1ncccc1C(F)(F)F)NC(=O)C[C@H]1CCCN1C(=O)O. The number of ether oxygens (including phenoxy) is 1. The van der Waals surface area contributed by atoms with E-state index in [2.05, 4.69) is 10.3 Å². The summed E-state index contributed by atoms with van der Waals surface area (Å²) in [5.74, 6) is -0.945. The molecule has 27 heavy (non-hydrogen) atoms. The molecule has 1 aromatic heterocycles. The fourth-order valence-electron chi connectivity index (χ4n) is 2.95. The molecule has 0 aromatic carbocycles. The summed E-state index contributed by atoms with van der Waals surface area (Å²) in [4.78, 5) is 28.2. The first-order valence-electron chi connectivity index (χ1n) is 8.45. The largest absolute Gasteiger partial charge is 0.475 e. The van der Waals surface area contributed by atoms with Gasteiger partial charge in [-0.1, -0.05) is 0 Å². The Morgan fingerprint density at radius 2 is 2.11 bits per heavy atom. The van der Waals surface area contributed by atoms with Crippen molar-refractivity contribution in [2.45, 2.75) is 50.9 Å². The van der Waals surface area contributed by atoms with Gasteiger partial charge in [-0.25, -0.2) is 9.78 Å². The van der Waals surface area contributed by atoms with Crippen LogP contribution in [0, 0.1) is 0 Å². The highest BCUT2D eigenvalue weighted by Crippen LogP contribution is 2.34. The maximum Gasteiger partial charge on any atom is 0.421 e. The summed E-state index contributed by atoms with van der Waals surface area (Å²) in [6.45, 7) is 3.36. The number of aromatic nitrogens is 1. The molecular formula is C17H22F3N3O4. The lowest BCUT2D eigenvalue weighted by atomic mass is 10.1. The third-order valence-electron chi connectivity index (χ3n) is 4.17. The van der Waals surface area contributed by atoms with E-state index < -0.39 is 35.3 Å². The Kier molecular flexibility index (Phi) is 6.17. The quantitative estimate of drug-likeness (QED) is 0.781. The van der Waals surface area contributed by atoms with Gasteiger partial charge >= 0.3 is 12.3 Å². The zero-order valence-corrected chi connectivity index (χ0v) is 15.0. The summed E-state index contributed by atoms with van der Waals surface area (Å²) in [5.41, 5.74) is -1.96. The van der Waals surface area contributed by atoms with E-state index in [4.69, 9.17) is 9.84 Å². The van der Waals surface area contributed by atoms with Gasteiger partial charge in [0.2, 0.25) is 11.8 Å². The lowest BCUT2D eigenvalue weighted by Crippen LogP contribution is -2.49. The molecule has 2 heterocycles. The van der Waals surface area contributed by atoms with Crippen LogP contribution in [0.3, 0.4) is 0 Å². The zero-order valence-electron chi connectivity index (χ0n) is 15.0. The number of carbonyl (C=O) groups excluding carboxylic acids is 1. The third kappa shape index (κ3) is 5.73. The summed E-state index contributed by atoms with van der Waals surface area (Å²) in [6, 6.07) is 1.64. The molecule has 2 rings (SSSR count). The number of hydrogen-bond donors (Lipinski definition) is 2. The average molecular weight is 389 g/mol. The van der Waals surface area contributed by atoms with Crippen LogP contribution in [0.1, 0.15) is 38.7 Å². The van der Waals surface area contributed by atoms with Crippen molar-refractivity contribution in [2.75, 3.05) is 13.2 Å². The highest BCUT2D eigenvalue weighted by molar-refractivity contribution is 5.78. The van der Waals surface area contributed by atoms with E-state index in [1.165, 1.54) is 17.2 Å². The lowest BCUT2D eigenvalue weighted by molar-refractivity contribution is -0.139. The highest BCUT2D eigenvalue weighted by Gasteiger charge is 2.36. The lowest BCUT2D eigenvalue weighted by Gasteiger charge is -2.28. The standard InChI is InChI=1S/C17H22F3N3O4/c1-16(2,10-27-14-12(17(18,19)20)6-3-7-21-14)22-13(24)9-11-5-4-8-23(11)15(25)26/h3,6-7,11H,4-5,8-10H2,1-2H3,(H,22,24)(H,25,26)/t11-/m1/s1.